The molecule has 0 radical (unpaired) electrons. The molecule has 1 amide bonds. The number of rotatable bonds is 2. The predicted octanol–water partition coefficient (Wildman–Crippen LogP) is 1.93. The number of amides is 1. The molecule has 152 valence electrons. The van der Waals surface area contributed by atoms with E-state index in [1.165, 1.54) is 0 Å². The van der Waals surface area contributed by atoms with Crippen molar-refractivity contribution in [3.05, 3.63) is 53.6 Å². The fourth-order valence-electron chi connectivity index (χ4n) is 3.79. The molecule has 9 heteroatoms. The number of hydrogen-bond acceptors (Lipinski definition) is 7. The smallest absolute Gasteiger partial charge is 0.435 e. The maximum Gasteiger partial charge on any atom is 0.435 e. The zero-order chi connectivity index (χ0) is 20.0. The maximum atomic E-state index is 12.0. The zero-order valence-electron chi connectivity index (χ0n) is 16.1. The Bertz CT molecular complexity index is 989. The molecule has 2 saturated heterocycles. The third kappa shape index (κ3) is 3.52. The number of benzene rings is 1. The third-order valence-corrected chi connectivity index (χ3v) is 5.00. The lowest BCUT2D eigenvalue weighted by molar-refractivity contribution is -0.195. The van der Waals surface area contributed by atoms with Gasteiger partial charge in [0.05, 0.1) is 0 Å². The van der Waals surface area contributed by atoms with Gasteiger partial charge in [0, 0.05) is 6.20 Å². The van der Waals surface area contributed by atoms with E-state index in [0.717, 1.165) is 5.56 Å². The summed E-state index contributed by atoms with van der Waals surface area (Å²) < 4.78 is 30.7. The summed E-state index contributed by atoms with van der Waals surface area (Å²) in [5, 5.41) is 0. The molecule has 3 aliphatic rings. The van der Waals surface area contributed by atoms with Crippen LogP contribution < -0.4 is 10.2 Å². The zero-order valence-corrected chi connectivity index (χ0v) is 16.1. The van der Waals surface area contributed by atoms with Crippen LogP contribution in [0.2, 0.25) is 0 Å². The standard InChI is InChI=1S/C20H21N3O6/c1-20(2)28-15-13-11-25-18-21-14(8-9-23(18)17(27-13)16(15)29-20)22-19(24)26-10-12-6-4-3-5-7-12/h3-9,13,15-17H,10-11H2,1-2H3/b22-14-/t13-,15-,16-,17-/m1/s1. The first kappa shape index (κ1) is 18.3. The van der Waals surface area contributed by atoms with Crippen LogP contribution in [0.3, 0.4) is 0 Å². The number of hydrogen-bond donors (Lipinski definition) is 0. The van der Waals surface area contributed by atoms with Crippen molar-refractivity contribution >= 4 is 6.09 Å². The number of aromatic nitrogens is 2. The van der Waals surface area contributed by atoms with E-state index >= 15 is 0 Å². The summed E-state index contributed by atoms with van der Waals surface area (Å²) in [5.41, 5.74) is 1.09. The first-order valence-electron chi connectivity index (χ1n) is 9.47. The van der Waals surface area contributed by atoms with Gasteiger partial charge in [0.1, 0.15) is 31.5 Å². The number of carbonyl (C=O) groups excluding carboxylic acids is 1. The van der Waals surface area contributed by atoms with Crippen LogP contribution in [0.15, 0.2) is 47.6 Å². The van der Waals surface area contributed by atoms with Crippen molar-refractivity contribution in [2.45, 2.75) is 50.8 Å². The molecule has 2 fully saturated rings. The highest BCUT2D eigenvalue weighted by Gasteiger charge is 2.57. The van der Waals surface area contributed by atoms with Gasteiger partial charge in [-0.25, -0.2) is 4.79 Å². The van der Waals surface area contributed by atoms with Gasteiger partial charge in [0.15, 0.2) is 17.5 Å². The fourth-order valence-corrected chi connectivity index (χ4v) is 3.79. The number of nitrogens with zero attached hydrogens (tertiary/aromatic N) is 3. The molecule has 2 aromatic rings. The quantitative estimate of drug-likeness (QED) is 0.762. The predicted molar refractivity (Wildman–Crippen MR) is 97.6 cm³/mol. The second-order valence-electron chi connectivity index (χ2n) is 7.57. The minimum atomic E-state index is -0.716. The average molecular weight is 399 g/mol. The lowest BCUT2D eigenvalue weighted by Gasteiger charge is -2.23. The Kier molecular flexibility index (Phi) is 4.38. The molecular weight excluding hydrogens is 378 g/mol. The van der Waals surface area contributed by atoms with Crippen molar-refractivity contribution in [3.8, 4) is 6.01 Å². The average Bonchev–Trinajstić information content (AvgIpc) is 3.10. The second-order valence-corrected chi connectivity index (χ2v) is 7.57. The lowest BCUT2D eigenvalue weighted by Crippen LogP contribution is -2.35. The van der Waals surface area contributed by atoms with Crippen LogP contribution in [0.5, 0.6) is 6.01 Å². The van der Waals surface area contributed by atoms with E-state index in [4.69, 9.17) is 23.7 Å². The van der Waals surface area contributed by atoms with Gasteiger partial charge in [0.25, 0.3) is 0 Å². The molecular formula is C20H21N3O6. The van der Waals surface area contributed by atoms with E-state index in [1.807, 2.05) is 44.2 Å². The molecule has 5 rings (SSSR count). The van der Waals surface area contributed by atoms with Crippen LogP contribution in [0, 0.1) is 0 Å². The summed E-state index contributed by atoms with van der Waals surface area (Å²) in [6.07, 6.45) is -0.140. The minimum absolute atomic E-state index is 0.146. The van der Waals surface area contributed by atoms with Crippen molar-refractivity contribution < 1.29 is 28.5 Å². The molecule has 1 aromatic heterocycles. The summed E-state index contributed by atoms with van der Waals surface area (Å²) in [7, 11) is 0. The first-order chi connectivity index (χ1) is 14.0. The summed E-state index contributed by atoms with van der Waals surface area (Å²) >= 11 is 0. The Morgan fingerprint density at radius 1 is 1.24 bits per heavy atom. The van der Waals surface area contributed by atoms with E-state index < -0.39 is 18.1 Å². The highest BCUT2D eigenvalue weighted by molar-refractivity contribution is 5.68. The van der Waals surface area contributed by atoms with Gasteiger partial charge in [-0.1, -0.05) is 30.3 Å². The molecule has 0 saturated carbocycles. The molecule has 0 unspecified atom stereocenters. The summed E-state index contributed by atoms with van der Waals surface area (Å²) in [6.45, 7) is 4.18. The molecule has 2 bridgehead atoms. The highest BCUT2D eigenvalue weighted by atomic mass is 16.8. The van der Waals surface area contributed by atoms with Crippen molar-refractivity contribution in [1.29, 1.82) is 0 Å². The molecule has 0 N–H and O–H groups in total. The molecule has 0 aliphatic carbocycles. The number of carbonyl (C=O) groups is 1. The van der Waals surface area contributed by atoms with Crippen molar-refractivity contribution in [2.24, 2.45) is 4.99 Å². The lowest BCUT2D eigenvalue weighted by atomic mass is 10.1. The van der Waals surface area contributed by atoms with Gasteiger partial charge >= 0.3 is 12.1 Å². The van der Waals surface area contributed by atoms with Gasteiger partial charge in [-0.3, -0.25) is 4.57 Å². The van der Waals surface area contributed by atoms with Crippen molar-refractivity contribution in [3.63, 3.8) is 0 Å². The van der Waals surface area contributed by atoms with Crippen LogP contribution in [0.25, 0.3) is 0 Å². The first-order valence-corrected chi connectivity index (χ1v) is 9.47. The Morgan fingerprint density at radius 3 is 2.86 bits per heavy atom. The Labute approximate surface area is 166 Å². The van der Waals surface area contributed by atoms with Crippen molar-refractivity contribution in [2.75, 3.05) is 6.61 Å². The van der Waals surface area contributed by atoms with Gasteiger partial charge in [-0.2, -0.15) is 9.98 Å². The molecule has 4 atom stereocenters. The van der Waals surface area contributed by atoms with Gasteiger partial charge in [-0.05, 0) is 25.5 Å². The van der Waals surface area contributed by atoms with E-state index in [-0.39, 0.29) is 37.0 Å². The van der Waals surface area contributed by atoms with Crippen LogP contribution in [0.4, 0.5) is 4.79 Å². The topological polar surface area (TPSA) is 93.4 Å². The van der Waals surface area contributed by atoms with Crippen molar-refractivity contribution in [1.82, 2.24) is 9.55 Å². The maximum absolute atomic E-state index is 12.0. The van der Waals surface area contributed by atoms with Crippen LogP contribution in [0.1, 0.15) is 25.6 Å². The Morgan fingerprint density at radius 2 is 2.03 bits per heavy atom. The Hall–Kier alpha value is -2.75. The largest absolute Gasteiger partial charge is 0.462 e. The fraction of sp³-hybridized carbons (Fsp3) is 0.450. The molecule has 0 spiro atoms. The highest BCUT2D eigenvalue weighted by Crippen LogP contribution is 2.45. The van der Waals surface area contributed by atoms with Gasteiger partial charge < -0.3 is 23.7 Å². The van der Waals surface area contributed by atoms with E-state index in [1.54, 1.807) is 16.8 Å². The monoisotopic (exact) mass is 399 g/mol. The van der Waals surface area contributed by atoms with E-state index in [2.05, 4.69) is 9.98 Å². The van der Waals surface area contributed by atoms with Gasteiger partial charge in [-0.15, -0.1) is 0 Å². The second kappa shape index (κ2) is 6.94. The number of fused-ring (bicyclic) bond motifs is 7. The normalized spacial score (nSPS) is 29.5. The van der Waals surface area contributed by atoms with Crippen LogP contribution >= 0.6 is 0 Å². The minimum Gasteiger partial charge on any atom is -0.462 e. The molecule has 29 heavy (non-hydrogen) atoms. The van der Waals surface area contributed by atoms with E-state index in [0.29, 0.717) is 6.01 Å². The molecule has 1 aromatic carbocycles. The van der Waals surface area contributed by atoms with E-state index in [9.17, 15) is 4.79 Å². The third-order valence-electron chi connectivity index (χ3n) is 5.00. The Balaban J connectivity index is 1.35. The summed E-state index contributed by atoms with van der Waals surface area (Å²) in [6, 6.07) is 11.3. The van der Waals surface area contributed by atoms with Crippen LogP contribution in [-0.4, -0.2) is 46.4 Å². The molecule has 4 heterocycles. The summed E-state index contributed by atoms with van der Waals surface area (Å²) in [4.78, 5) is 20.3. The van der Waals surface area contributed by atoms with Crippen LogP contribution in [-0.2, 0) is 25.6 Å². The van der Waals surface area contributed by atoms with Gasteiger partial charge in [0.2, 0.25) is 0 Å². The molecule has 3 aliphatic heterocycles. The summed E-state index contributed by atoms with van der Waals surface area (Å²) in [5.74, 6) is -0.675. The molecule has 9 nitrogen and oxygen atoms in total. The SMILES string of the molecule is CC1(C)O[C@@H]2[C@H](O1)[C@H]1COc3n/c(=N\C(=O)OCc4ccccc4)ccn3[C@@H]2O1. The number of ether oxygens (including phenoxy) is 5.